The zero-order chi connectivity index (χ0) is 12.3. The van der Waals surface area contributed by atoms with E-state index in [2.05, 4.69) is 5.32 Å². The molecule has 5 nitrogen and oxygen atoms in total. The lowest BCUT2D eigenvalue weighted by Crippen LogP contribution is -2.36. The van der Waals surface area contributed by atoms with Gasteiger partial charge in [-0.25, -0.2) is 4.79 Å². The second-order valence-electron chi connectivity index (χ2n) is 3.56. The molecule has 2 N–H and O–H groups in total. The molecular weight excluding hydrogens is 222 g/mol. The molecule has 1 aromatic carbocycles. The first-order valence-corrected chi connectivity index (χ1v) is 5.11. The first-order chi connectivity index (χ1) is 8.16. The molecule has 0 radical (unpaired) electrons. The van der Waals surface area contributed by atoms with Crippen molar-refractivity contribution < 1.29 is 19.4 Å². The van der Waals surface area contributed by atoms with Gasteiger partial charge in [-0.2, -0.15) is 0 Å². The fourth-order valence-corrected chi connectivity index (χ4v) is 1.53. The number of benzene rings is 1. The summed E-state index contributed by atoms with van der Waals surface area (Å²) in [5, 5.41) is 11.5. The normalized spacial score (nSPS) is 18.0. The van der Waals surface area contributed by atoms with E-state index in [1.165, 1.54) is 0 Å². The minimum Gasteiger partial charge on any atom is -0.478 e. The molecule has 1 heterocycles. The highest BCUT2D eigenvalue weighted by atomic mass is 16.5. The summed E-state index contributed by atoms with van der Waals surface area (Å²) in [7, 11) is 0. The third kappa shape index (κ3) is 2.63. The Morgan fingerprint density at radius 1 is 1.35 bits per heavy atom. The maximum Gasteiger partial charge on any atom is 0.328 e. The van der Waals surface area contributed by atoms with Gasteiger partial charge in [-0.3, -0.25) is 4.79 Å². The van der Waals surface area contributed by atoms with Crippen molar-refractivity contribution in [2.75, 3.05) is 11.9 Å². The zero-order valence-corrected chi connectivity index (χ0v) is 8.92. The fraction of sp³-hybridized carbons (Fsp3) is 0.167. The lowest BCUT2D eigenvalue weighted by atomic mass is 10.1. The Kier molecular flexibility index (Phi) is 3.09. The van der Waals surface area contributed by atoms with E-state index in [4.69, 9.17) is 9.84 Å². The predicted octanol–water partition coefficient (Wildman–Crippen LogP) is 1.07. The van der Waals surface area contributed by atoms with Crippen molar-refractivity contribution in [1.29, 1.82) is 0 Å². The zero-order valence-electron chi connectivity index (χ0n) is 8.92. The first kappa shape index (κ1) is 11.2. The van der Waals surface area contributed by atoms with Crippen molar-refractivity contribution in [3.05, 3.63) is 36.4 Å². The van der Waals surface area contributed by atoms with E-state index in [1.807, 2.05) is 12.1 Å². The first-order valence-electron chi connectivity index (χ1n) is 5.11. The van der Waals surface area contributed by atoms with Crippen LogP contribution >= 0.6 is 0 Å². The molecule has 0 saturated heterocycles. The number of nitrogens with one attached hydrogen (secondary N) is 1. The van der Waals surface area contributed by atoms with Crippen LogP contribution in [-0.2, 0) is 9.59 Å². The van der Waals surface area contributed by atoms with Crippen LogP contribution in [0.4, 0.5) is 5.69 Å². The van der Waals surface area contributed by atoms with Gasteiger partial charge < -0.3 is 15.2 Å². The number of rotatable bonds is 3. The van der Waals surface area contributed by atoms with Crippen LogP contribution in [0.1, 0.15) is 0 Å². The largest absolute Gasteiger partial charge is 0.478 e. The summed E-state index contributed by atoms with van der Waals surface area (Å²) in [5.74, 6) is -0.919. The number of carboxylic acid groups (broad SMARTS) is 1. The number of ether oxygens (including phenoxy) is 1. The monoisotopic (exact) mass is 233 g/mol. The number of para-hydroxylation sites is 2. The second kappa shape index (κ2) is 4.69. The number of aliphatic carboxylic acids is 1. The molecule has 2 rings (SSSR count). The van der Waals surface area contributed by atoms with Crippen LogP contribution in [0.3, 0.4) is 0 Å². The molecule has 0 amide bonds. The van der Waals surface area contributed by atoms with E-state index in [0.29, 0.717) is 12.3 Å². The summed E-state index contributed by atoms with van der Waals surface area (Å²) in [5.41, 5.74) is 0.832. The van der Waals surface area contributed by atoms with Crippen LogP contribution in [0, 0.1) is 0 Å². The standard InChI is InChI=1S/C12H11NO4/c14-9(5-6-12(15)16)11-7-13-8-3-1-2-4-10(8)17-11/h1-6,11,13H,7H2,(H,15,16). The maximum absolute atomic E-state index is 11.6. The summed E-state index contributed by atoms with van der Waals surface area (Å²) in [6, 6.07) is 7.27. The van der Waals surface area contributed by atoms with Gasteiger partial charge in [0.1, 0.15) is 5.75 Å². The number of carbonyl (C=O) groups is 2. The van der Waals surface area contributed by atoms with Gasteiger partial charge in [-0.15, -0.1) is 0 Å². The highest BCUT2D eigenvalue weighted by Crippen LogP contribution is 2.28. The van der Waals surface area contributed by atoms with E-state index < -0.39 is 12.1 Å². The van der Waals surface area contributed by atoms with Gasteiger partial charge in [0.15, 0.2) is 11.9 Å². The molecule has 0 fully saturated rings. The third-order valence-corrected chi connectivity index (χ3v) is 2.34. The molecule has 5 heteroatoms. The van der Waals surface area contributed by atoms with E-state index >= 15 is 0 Å². The van der Waals surface area contributed by atoms with Crippen molar-refractivity contribution in [2.45, 2.75) is 6.10 Å². The predicted molar refractivity (Wildman–Crippen MR) is 61.1 cm³/mol. The number of fused-ring (bicyclic) bond motifs is 1. The Labute approximate surface area is 97.7 Å². The SMILES string of the molecule is O=C(O)C=CC(=O)C1CNc2ccccc2O1. The molecule has 0 saturated carbocycles. The van der Waals surface area contributed by atoms with Gasteiger partial charge in [0.05, 0.1) is 12.2 Å². The maximum atomic E-state index is 11.6. The number of carbonyl (C=O) groups excluding carboxylic acids is 1. The van der Waals surface area contributed by atoms with Crippen LogP contribution < -0.4 is 10.1 Å². The van der Waals surface area contributed by atoms with Crippen molar-refractivity contribution in [2.24, 2.45) is 0 Å². The number of ketones is 1. The summed E-state index contributed by atoms with van der Waals surface area (Å²) < 4.78 is 5.47. The summed E-state index contributed by atoms with van der Waals surface area (Å²) >= 11 is 0. The van der Waals surface area contributed by atoms with Gasteiger partial charge in [-0.1, -0.05) is 12.1 Å². The van der Waals surface area contributed by atoms with Crippen LogP contribution in [0.15, 0.2) is 36.4 Å². The van der Waals surface area contributed by atoms with E-state index in [-0.39, 0.29) is 5.78 Å². The van der Waals surface area contributed by atoms with Crippen molar-refractivity contribution in [3.8, 4) is 5.75 Å². The molecule has 1 aliphatic rings. The Morgan fingerprint density at radius 3 is 2.88 bits per heavy atom. The molecule has 0 bridgehead atoms. The Morgan fingerprint density at radius 2 is 2.12 bits per heavy atom. The smallest absolute Gasteiger partial charge is 0.328 e. The van der Waals surface area contributed by atoms with E-state index in [1.54, 1.807) is 12.1 Å². The van der Waals surface area contributed by atoms with Crippen molar-refractivity contribution in [1.82, 2.24) is 0 Å². The molecule has 0 aromatic heterocycles. The van der Waals surface area contributed by atoms with E-state index in [9.17, 15) is 9.59 Å². The number of carboxylic acids is 1. The minimum absolute atomic E-state index is 0.333. The number of anilines is 1. The molecule has 0 spiro atoms. The second-order valence-corrected chi connectivity index (χ2v) is 3.56. The lowest BCUT2D eigenvalue weighted by molar-refractivity contribution is -0.131. The van der Waals surface area contributed by atoms with Crippen LogP contribution in [0.25, 0.3) is 0 Å². The summed E-state index contributed by atoms with van der Waals surface area (Å²) in [6.45, 7) is 0.333. The Bertz CT molecular complexity index is 481. The fourth-order valence-electron chi connectivity index (χ4n) is 1.53. The molecule has 1 aromatic rings. The van der Waals surface area contributed by atoms with Crippen molar-refractivity contribution >= 4 is 17.4 Å². The van der Waals surface area contributed by atoms with Gasteiger partial charge in [0, 0.05) is 6.08 Å². The number of hydrogen-bond acceptors (Lipinski definition) is 4. The molecule has 17 heavy (non-hydrogen) atoms. The molecule has 1 atom stereocenters. The molecule has 88 valence electrons. The van der Waals surface area contributed by atoms with Crippen molar-refractivity contribution in [3.63, 3.8) is 0 Å². The third-order valence-electron chi connectivity index (χ3n) is 2.34. The highest BCUT2D eigenvalue weighted by Gasteiger charge is 2.23. The topological polar surface area (TPSA) is 75.6 Å². The molecule has 1 unspecified atom stereocenters. The van der Waals surface area contributed by atoms with Gasteiger partial charge in [0.2, 0.25) is 0 Å². The van der Waals surface area contributed by atoms with Gasteiger partial charge in [0.25, 0.3) is 0 Å². The van der Waals surface area contributed by atoms with Crippen LogP contribution in [0.2, 0.25) is 0 Å². The van der Waals surface area contributed by atoms with Crippen LogP contribution in [0.5, 0.6) is 5.75 Å². The quantitative estimate of drug-likeness (QED) is 0.764. The summed E-state index contributed by atoms with van der Waals surface area (Å²) in [6.07, 6.45) is 1.15. The Hall–Kier alpha value is -2.30. The summed E-state index contributed by atoms with van der Waals surface area (Å²) in [4.78, 5) is 21.9. The molecule has 1 aliphatic heterocycles. The van der Waals surface area contributed by atoms with E-state index in [0.717, 1.165) is 17.8 Å². The molecular formula is C12H11NO4. The average molecular weight is 233 g/mol. The molecule has 0 aliphatic carbocycles. The average Bonchev–Trinajstić information content (AvgIpc) is 2.35. The lowest BCUT2D eigenvalue weighted by Gasteiger charge is -2.25. The Balaban J connectivity index is 2.07. The minimum atomic E-state index is -1.15. The van der Waals surface area contributed by atoms with Crippen LogP contribution in [-0.4, -0.2) is 29.5 Å². The highest BCUT2D eigenvalue weighted by molar-refractivity contribution is 5.98. The van der Waals surface area contributed by atoms with Gasteiger partial charge in [-0.05, 0) is 18.2 Å². The number of hydrogen-bond donors (Lipinski definition) is 2. The van der Waals surface area contributed by atoms with Gasteiger partial charge >= 0.3 is 5.97 Å².